The maximum Gasteiger partial charge on any atom is 0.237 e. The van der Waals surface area contributed by atoms with Crippen molar-refractivity contribution in [3.63, 3.8) is 0 Å². The summed E-state index contributed by atoms with van der Waals surface area (Å²) in [5.41, 5.74) is 1.65. The zero-order valence-corrected chi connectivity index (χ0v) is 13.6. The van der Waals surface area contributed by atoms with E-state index in [4.69, 9.17) is 0 Å². The highest BCUT2D eigenvalue weighted by atomic mass is 16.2. The lowest BCUT2D eigenvalue weighted by Gasteiger charge is -2.26. The van der Waals surface area contributed by atoms with Crippen molar-refractivity contribution in [1.82, 2.24) is 15.1 Å². The third kappa shape index (κ3) is 3.50. The molecule has 1 unspecified atom stereocenters. The minimum absolute atomic E-state index is 0.259. The zero-order chi connectivity index (χ0) is 15.4. The van der Waals surface area contributed by atoms with E-state index in [0.717, 1.165) is 39.3 Å². The molecule has 1 atom stereocenters. The second kappa shape index (κ2) is 6.80. The van der Waals surface area contributed by atoms with Crippen LogP contribution >= 0.6 is 0 Å². The first kappa shape index (κ1) is 15.5. The van der Waals surface area contributed by atoms with Gasteiger partial charge in [0.1, 0.15) is 0 Å². The van der Waals surface area contributed by atoms with E-state index in [0.29, 0.717) is 12.0 Å². The highest BCUT2D eigenvalue weighted by molar-refractivity contribution is 5.78. The number of likely N-dealkylation sites (N-methyl/N-ethyl adjacent to an activating group) is 1. The molecule has 1 aromatic carbocycles. The van der Waals surface area contributed by atoms with E-state index < -0.39 is 0 Å². The number of carbonyl (C=O) groups is 1. The van der Waals surface area contributed by atoms with Crippen LogP contribution < -0.4 is 5.32 Å². The third-order valence-corrected chi connectivity index (χ3v) is 5.16. The number of carbonyl (C=O) groups excluding carboxylic acids is 1. The number of rotatable bonds is 5. The van der Waals surface area contributed by atoms with E-state index in [2.05, 4.69) is 29.3 Å². The number of hydrogen-bond donors (Lipinski definition) is 1. The lowest BCUT2D eigenvalue weighted by molar-refractivity contribution is -0.132. The number of nitrogens with one attached hydrogen (secondary N) is 1. The summed E-state index contributed by atoms with van der Waals surface area (Å²) in [6.45, 7) is 8.53. The number of hydrogen-bond acceptors (Lipinski definition) is 3. The van der Waals surface area contributed by atoms with Crippen molar-refractivity contribution in [2.45, 2.75) is 26.3 Å². The Labute approximate surface area is 133 Å². The van der Waals surface area contributed by atoms with Crippen LogP contribution in [0.5, 0.6) is 0 Å². The molecule has 0 aromatic heterocycles. The fourth-order valence-electron chi connectivity index (χ4n) is 3.78. The molecule has 2 aliphatic heterocycles. The second-order valence-electron chi connectivity index (χ2n) is 6.78. The first-order valence-electron chi connectivity index (χ1n) is 8.46. The predicted octanol–water partition coefficient (Wildman–Crippen LogP) is 1.72. The van der Waals surface area contributed by atoms with Gasteiger partial charge in [-0.15, -0.1) is 0 Å². The van der Waals surface area contributed by atoms with Crippen molar-refractivity contribution in [3.05, 3.63) is 35.9 Å². The Bertz CT molecular complexity index is 496. The van der Waals surface area contributed by atoms with Gasteiger partial charge in [-0.2, -0.15) is 0 Å². The Morgan fingerprint density at radius 3 is 2.82 bits per heavy atom. The maximum absolute atomic E-state index is 12.6. The van der Waals surface area contributed by atoms with E-state index in [9.17, 15) is 4.79 Å². The summed E-state index contributed by atoms with van der Waals surface area (Å²) < 4.78 is 0. The van der Waals surface area contributed by atoms with Crippen LogP contribution in [0.25, 0.3) is 0 Å². The molecule has 2 saturated heterocycles. The highest BCUT2D eigenvalue weighted by Gasteiger charge is 2.40. The standard InChI is InChI=1S/C18H27N3O/c1-2-21(12-16-6-4-3-5-7-16)17(22)13-20-11-9-18(15-20)8-10-19-14-18/h3-7,19H,2,8-15H2,1H3. The van der Waals surface area contributed by atoms with Crippen molar-refractivity contribution in [1.29, 1.82) is 0 Å². The largest absolute Gasteiger partial charge is 0.338 e. The smallest absolute Gasteiger partial charge is 0.237 e. The fraction of sp³-hybridized carbons (Fsp3) is 0.611. The average Bonchev–Trinajstić information content (AvgIpc) is 3.16. The van der Waals surface area contributed by atoms with E-state index >= 15 is 0 Å². The molecule has 0 bridgehead atoms. The molecule has 2 fully saturated rings. The van der Waals surface area contributed by atoms with Gasteiger partial charge in [0, 0.05) is 26.2 Å². The van der Waals surface area contributed by atoms with Crippen LogP contribution in [0.1, 0.15) is 25.3 Å². The Morgan fingerprint density at radius 1 is 1.32 bits per heavy atom. The van der Waals surface area contributed by atoms with Crippen LogP contribution in [-0.4, -0.2) is 55.0 Å². The van der Waals surface area contributed by atoms with Crippen LogP contribution in [0.3, 0.4) is 0 Å². The van der Waals surface area contributed by atoms with E-state index in [1.165, 1.54) is 18.4 Å². The summed E-state index contributed by atoms with van der Waals surface area (Å²) in [6, 6.07) is 10.3. The zero-order valence-electron chi connectivity index (χ0n) is 13.6. The molecule has 1 spiro atoms. The van der Waals surface area contributed by atoms with Crippen LogP contribution in [0.4, 0.5) is 0 Å². The molecule has 0 saturated carbocycles. The van der Waals surface area contributed by atoms with Gasteiger partial charge in [-0.3, -0.25) is 9.69 Å². The molecule has 1 aromatic rings. The molecule has 1 amide bonds. The molecule has 22 heavy (non-hydrogen) atoms. The molecule has 1 N–H and O–H groups in total. The number of likely N-dealkylation sites (tertiary alicyclic amines) is 1. The molecule has 3 rings (SSSR count). The van der Waals surface area contributed by atoms with Crippen molar-refractivity contribution in [2.24, 2.45) is 5.41 Å². The Hall–Kier alpha value is -1.39. The molecule has 4 nitrogen and oxygen atoms in total. The first-order chi connectivity index (χ1) is 10.7. The Kier molecular flexibility index (Phi) is 4.79. The summed E-state index contributed by atoms with van der Waals surface area (Å²) in [5, 5.41) is 3.47. The minimum atomic E-state index is 0.259. The van der Waals surface area contributed by atoms with Crippen molar-refractivity contribution < 1.29 is 4.79 Å². The lowest BCUT2D eigenvalue weighted by atomic mass is 9.87. The fourth-order valence-corrected chi connectivity index (χ4v) is 3.78. The maximum atomic E-state index is 12.6. The molecular weight excluding hydrogens is 274 g/mol. The molecule has 2 aliphatic rings. The van der Waals surface area contributed by atoms with Crippen LogP contribution in [0.15, 0.2) is 30.3 Å². The number of amides is 1. The van der Waals surface area contributed by atoms with Gasteiger partial charge in [0.25, 0.3) is 0 Å². The van der Waals surface area contributed by atoms with Gasteiger partial charge < -0.3 is 10.2 Å². The predicted molar refractivity (Wildman–Crippen MR) is 88.5 cm³/mol. The quantitative estimate of drug-likeness (QED) is 0.899. The average molecular weight is 301 g/mol. The van der Waals surface area contributed by atoms with Crippen LogP contribution in [-0.2, 0) is 11.3 Å². The monoisotopic (exact) mass is 301 g/mol. The van der Waals surface area contributed by atoms with Crippen molar-refractivity contribution >= 4 is 5.91 Å². The first-order valence-corrected chi connectivity index (χ1v) is 8.46. The molecular formula is C18H27N3O. The van der Waals surface area contributed by atoms with Gasteiger partial charge in [0.15, 0.2) is 0 Å². The summed E-state index contributed by atoms with van der Waals surface area (Å²) in [4.78, 5) is 16.9. The normalized spacial score (nSPS) is 25.0. The SMILES string of the molecule is CCN(Cc1ccccc1)C(=O)CN1CCC2(CCNC2)C1. The van der Waals surface area contributed by atoms with Gasteiger partial charge in [-0.1, -0.05) is 30.3 Å². The Morgan fingerprint density at radius 2 is 2.14 bits per heavy atom. The minimum Gasteiger partial charge on any atom is -0.338 e. The van der Waals surface area contributed by atoms with E-state index in [1.54, 1.807) is 0 Å². The molecule has 4 heteroatoms. The van der Waals surface area contributed by atoms with Gasteiger partial charge in [-0.25, -0.2) is 0 Å². The lowest BCUT2D eigenvalue weighted by Crippen LogP contribution is -2.40. The number of benzene rings is 1. The van der Waals surface area contributed by atoms with Crippen molar-refractivity contribution in [2.75, 3.05) is 39.3 Å². The van der Waals surface area contributed by atoms with Crippen LogP contribution in [0, 0.1) is 5.41 Å². The van der Waals surface area contributed by atoms with Gasteiger partial charge in [0.2, 0.25) is 5.91 Å². The summed E-state index contributed by atoms with van der Waals surface area (Å²) in [5.74, 6) is 0.259. The van der Waals surface area contributed by atoms with Gasteiger partial charge >= 0.3 is 0 Å². The summed E-state index contributed by atoms with van der Waals surface area (Å²) in [7, 11) is 0. The molecule has 0 radical (unpaired) electrons. The molecule has 0 aliphatic carbocycles. The Balaban J connectivity index is 1.54. The van der Waals surface area contributed by atoms with E-state index in [-0.39, 0.29) is 5.91 Å². The van der Waals surface area contributed by atoms with E-state index in [1.807, 2.05) is 23.1 Å². The topological polar surface area (TPSA) is 35.6 Å². The molecule has 120 valence electrons. The second-order valence-corrected chi connectivity index (χ2v) is 6.78. The summed E-state index contributed by atoms with van der Waals surface area (Å²) >= 11 is 0. The molecule has 2 heterocycles. The van der Waals surface area contributed by atoms with Gasteiger partial charge in [0.05, 0.1) is 6.54 Å². The van der Waals surface area contributed by atoms with Gasteiger partial charge in [-0.05, 0) is 43.8 Å². The van der Waals surface area contributed by atoms with Crippen molar-refractivity contribution in [3.8, 4) is 0 Å². The third-order valence-electron chi connectivity index (χ3n) is 5.16. The van der Waals surface area contributed by atoms with Crippen LogP contribution in [0.2, 0.25) is 0 Å². The summed E-state index contributed by atoms with van der Waals surface area (Å²) in [6.07, 6.45) is 2.50. The number of nitrogens with zero attached hydrogens (tertiary/aromatic N) is 2. The highest BCUT2D eigenvalue weighted by Crippen LogP contribution is 2.35.